The summed E-state index contributed by atoms with van der Waals surface area (Å²) in [5, 5.41) is 19.4. The van der Waals surface area contributed by atoms with Crippen LogP contribution in [0, 0.1) is 29.6 Å². The third-order valence-electron chi connectivity index (χ3n) is 11.2. The Labute approximate surface area is 342 Å². The number of ketones is 2. The van der Waals surface area contributed by atoms with E-state index in [0.717, 1.165) is 4.90 Å². The van der Waals surface area contributed by atoms with Crippen LogP contribution in [0.3, 0.4) is 0 Å². The summed E-state index contributed by atoms with van der Waals surface area (Å²) in [6, 6.07) is 3.30. The molecule has 15 nitrogen and oxygen atoms in total. The molecule has 0 spiro atoms. The predicted octanol–water partition coefficient (Wildman–Crippen LogP) is 2.70. The highest BCUT2D eigenvalue weighted by atomic mass is 16.5. The smallest absolute Gasteiger partial charge is 0.329 e. The summed E-state index contributed by atoms with van der Waals surface area (Å²) >= 11 is 0. The van der Waals surface area contributed by atoms with E-state index in [0.29, 0.717) is 5.56 Å². The van der Waals surface area contributed by atoms with Crippen LogP contribution < -0.4 is 16.0 Å². The van der Waals surface area contributed by atoms with Crippen LogP contribution in [0.15, 0.2) is 30.3 Å². The standard InChI is InChI=1S/C43H65N5O10/c1-11-31-35(50)21-29-17-18-36(51)48(41(29)55)33(19-23(2)3)42(56)47(10)32(20-28-15-13-12-14-16-28)40(54)46-37(24(4)5)43(57)58-27(9)30(39(53)45-31)22-34(49)26(8)44-38(52)25(6)7/h12-16,23-27,29-33,36-37,51H,11,17-22H2,1-10H3,(H,44,52)(H,45,53)(H,46,54)/t26-,27+,29+,30-,31-,32-,33-,36+,37-/m0/s1. The molecule has 9 atom stereocenters. The minimum absolute atomic E-state index is 0.0432. The fraction of sp³-hybridized carbons (Fsp3) is 0.674. The number of rotatable bonds is 11. The molecule has 0 radical (unpaired) electrons. The van der Waals surface area contributed by atoms with Gasteiger partial charge in [-0.05, 0) is 56.9 Å². The molecule has 2 fully saturated rings. The van der Waals surface area contributed by atoms with Gasteiger partial charge >= 0.3 is 5.97 Å². The van der Waals surface area contributed by atoms with E-state index < -0.39 is 114 Å². The van der Waals surface area contributed by atoms with Gasteiger partial charge in [0, 0.05) is 38.1 Å². The number of aliphatic hydroxyl groups excluding tert-OH is 1. The number of nitrogens with one attached hydrogen (secondary N) is 3. The van der Waals surface area contributed by atoms with Gasteiger partial charge in [-0.3, -0.25) is 33.6 Å². The average molecular weight is 812 g/mol. The van der Waals surface area contributed by atoms with E-state index >= 15 is 0 Å². The molecule has 58 heavy (non-hydrogen) atoms. The molecule has 0 unspecified atom stereocenters. The average Bonchev–Trinajstić information content (AvgIpc) is 3.16. The molecular formula is C43H65N5O10. The molecule has 1 aromatic rings. The molecule has 2 saturated heterocycles. The molecule has 3 rings (SSSR count). The van der Waals surface area contributed by atoms with Gasteiger partial charge in [0.1, 0.15) is 30.5 Å². The molecular weight excluding hydrogens is 746 g/mol. The number of carbonyl (C=O) groups excluding carboxylic acids is 8. The predicted molar refractivity (Wildman–Crippen MR) is 215 cm³/mol. The number of fused-ring (bicyclic) bond motifs is 2. The lowest BCUT2D eigenvalue weighted by Crippen LogP contribution is -2.61. The van der Waals surface area contributed by atoms with Crippen LogP contribution in [0.1, 0.15) is 106 Å². The Morgan fingerprint density at radius 2 is 1.53 bits per heavy atom. The second-order valence-electron chi connectivity index (χ2n) is 17.0. The quantitative estimate of drug-likeness (QED) is 0.240. The first kappa shape index (κ1) is 47.7. The van der Waals surface area contributed by atoms with E-state index in [-0.39, 0.29) is 50.4 Å². The summed E-state index contributed by atoms with van der Waals surface area (Å²) in [7, 11) is 1.45. The van der Waals surface area contributed by atoms with Gasteiger partial charge < -0.3 is 35.6 Å². The number of amides is 5. The molecule has 0 aromatic heterocycles. The normalized spacial score (nSPS) is 27.7. The SMILES string of the molecule is CC[C@@H]1NC(=O)[C@@H](CC(=O)[C@H](C)NC(=O)C(C)C)[C@@H](C)OC(=O)[C@H](C(C)C)NC(=O)[C@H](Cc2ccccc2)N(C)C(=O)[C@H](CC(C)C)N2C(=O)[C@H](CC[C@H]2O)CC1=O. The Morgan fingerprint density at radius 1 is 0.897 bits per heavy atom. The van der Waals surface area contributed by atoms with Crippen LogP contribution in [0.25, 0.3) is 0 Å². The van der Waals surface area contributed by atoms with Crippen molar-refractivity contribution in [3.8, 4) is 0 Å². The number of nitrogens with zero attached hydrogens (tertiary/aromatic N) is 2. The van der Waals surface area contributed by atoms with Gasteiger partial charge in [-0.2, -0.15) is 0 Å². The maximum atomic E-state index is 14.6. The van der Waals surface area contributed by atoms with E-state index in [4.69, 9.17) is 4.74 Å². The number of benzene rings is 1. The molecule has 2 aliphatic heterocycles. The molecule has 1 aromatic carbocycles. The van der Waals surface area contributed by atoms with Crippen LogP contribution >= 0.6 is 0 Å². The number of piperidine rings is 1. The van der Waals surface area contributed by atoms with Gasteiger partial charge in [0.15, 0.2) is 11.6 Å². The van der Waals surface area contributed by atoms with E-state index in [9.17, 15) is 43.5 Å². The maximum Gasteiger partial charge on any atom is 0.329 e. The Balaban J connectivity index is 2.16. The van der Waals surface area contributed by atoms with Crippen molar-refractivity contribution >= 4 is 47.1 Å². The van der Waals surface area contributed by atoms with Crippen molar-refractivity contribution in [2.75, 3.05) is 7.05 Å². The Bertz CT molecular complexity index is 1650. The number of esters is 1. The number of Topliss-reactive ketones (excluding diaryl/α,β-unsaturated/α-hetero) is 2. The van der Waals surface area contributed by atoms with E-state index in [1.807, 2.05) is 19.9 Å². The minimum Gasteiger partial charge on any atom is -0.460 e. The van der Waals surface area contributed by atoms with Crippen LogP contribution in [0.4, 0.5) is 0 Å². The van der Waals surface area contributed by atoms with E-state index in [2.05, 4.69) is 16.0 Å². The Kier molecular flexibility index (Phi) is 17.6. The van der Waals surface area contributed by atoms with Crippen molar-refractivity contribution in [2.45, 2.75) is 150 Å². The maximum absolute atomic E-state index is 14.6. The van der Waals surface area contributed by atoms with Crippen molar-refractivity contribution in [3.63, 3.8) is 0 Å². The highest BCUT2D eigenvalue weighted by molar-refractivity contribution is 5.98. The number of carbonyl (C=O) groups is 8. The number of aliphatic hydroxyl groups is 1. The van der Waals surface area contributed by atoms with Crippen molar-refractivity contribution in [1.29, 1.82) is 0 Å². The molecule has 2 heterocycles. The zero-order valence-corrected chi connectivity index (χ0v) is 35.8. The molecule has 2 bridgehead atoms. The van der Waals surface area contributed by atoms with Crippen molar-refractivity contribution in [1.82, 2.24) is 25.8 Å². The lowest BCUT2D eigenvalue weighted by Gasteiger charge is -2.43. The van der Waals surface area contributed by atoms with Gasteiger partial charge in [-0.25, -0.2) is 4.79 Å². The summed E-state index contributed by atoms with van der Waals surface area (Å²) in [5.41, 5.74) is 0.717. The first-order valence-corrected chi connectivity index (χ1v) is 20.7. The first-order chi connectivity index (χ1) is 27.2. The van der Waals surface area contributed by atoms with Gasteiger partial charge in [0.05, 0.1) is 18.0 Å². The minimum atomic E-state index is -1.33. The Hall–Kier alpha value is -4.66. The molecule has 4 N–H and O–H groups in total. The largest absolute Gasteiger partial charge is 0.460 e. The lowest BCUT2D eigenvalue weighted by molar-refractivity contribution is -0.168. The second-order valence-corrected chi connectivity index (χ2v) is 17.0. The number of hydrogen-bond donors (Lipinski definition) is 4. The van der Waals surface area contributed by atoms with Crippen LogP contribution in [-0.4, -0.2) is 112 Å². The van der Waals surface area contributed by atoms with Crippen molar-refractivity contribution in [2.24, 2.45) is 29.6 Å². The van der Waals surface area contributed by atoms with Crippen LogP contribution in [0.2, 0.25) is 0 Å². The Morgan fingerprint density at radius 3 is 2.10 bits per heavy atom. The summed E-state index contributed by atoms with van der Waals surface area (Å²) in [5.74, 6) is -8.12. The third kappa shape index (κ3) is 12.4. The molecule has 5 amide bonds. The zero-order chi connectivity index (χ0) is 43.6. The lowest BCUT2D eigenvalue weighted by atomic mass is 9.86. The second kappa shape index (κ2) is 21.4. The summed E-state index contributed by atoms with van der Waals surface area (Å²) in [4.78, 5) is 114. The summed E-state index contributed by atoms with van der Waals surface area (Å²) in [6.07, 6.45) is -2.74. The molecule has 322 valence electrons. The number of hydrogen-bond acceptors (Lipinski definition) is 10. The molecule has 2 aliphatic rings. The topological polar surface area (TPSA) is 209 Å². The number of likely N-dealkylation sites (N-methyl/N-ethyl adjacent to an activating group) is 1. The zero-order valence-electron chi connectivity index (χ0n) is 35.8. The van der Waals surface area contributed by atoms with Crippen LogP contribution in [-0.2, 0) is 49.5 Å². The van der Waals surface area contributed by atoms with E-state index in [1.165, 1.54) is 25.8 Å². The first-order valence-electron chi connectivity index (χ1n) is 20.7. The van der Waals surface area contributed by atoms with Gasteiger partial charge in [0.25, 0.3) is 0 Å². The highest BCUT2D eigenvalue weighted by Crippen LogP contribution is 2.31. The van der Waals surface area contributed by atoms with Gasteiger partial charge in [0.2, 0.25) is 29.5 Å². The molecule has 15 heteroatoms. The van der Waals surface area contributed by atoms with Crippen LogP contribution in [0.5, 0.6) is 0 Å². The highest BCUT2D eigenvalue weighted by Gasteiger charge is 2.45. The van der Waals surface area contributed by atoms with Gasteiger partial charge in [-0.15, -0.1) is 0 Å². The fourth-order valence-electron chi connectivity index (χ4n) is 7.42. The monoisotopic (exact) mass is 811 g/mol. The third-order valence-corrected chi connectivity index (χ3v) is 11.2. The van der Waals surface area contributed by atoms with Crippen molar-refractivity contribution in [3.05, 3.63) is 35.9 Å². The summed E-state index contributed by atoms with van der Waals surface area (Å²) in [6.45, 7) is 15.1. The summed E-state index contributed by atoms with van der Waals surface area (Å²) < 4.78 is 5.86. The number of ether oxygens (including phenoxy) is 1. The fourth-order valence-corrected chi connectivity index (χ4v) is 7.42. The van der Waals surface area contributed by atoms with Crippen molar-refractivity contribution < 1.29 is 48.2 Å². The molecule has 0 aliphatic carbocycles. The van der Waals surface area contributed by atoms with E-state index in [1.54, 1.807) is 58.9 Å². The number of cyclic esters (lactones) is 1. The molecule has 0 saturated carbocycles. The van der Waals surface area contributed by atoms with Gasteiger partial charge in [-0.1, -0.05) is 78.8 Å².